The predicted molar refractivity (Wildman–Crippen MR) is 68.4 cm³/mol. The molecule has 110 valence electrons. The van der Waals surface area contributed by atoms with Crippen LogP contribution >= 0.6 is 11.8 Å². The van der Waals surface area contributed by atoms with Gasteiger partial charge < -0.3 is 15.5 Å². The van der Waals surface area contributed by atoms with Crippen LogP contribution in [0, 0.1) is 11.6 Å². The first kappa shape index (κ1) is 16.4. The lowest BCUT2D eigenvalue weighted by molar-refractivity contribution is -0.141. The van der Waals surface area contributed by atoms with E-state index in [4.69, 9.17) is 10.2 Å². The number of carbonyl (C=O) groups is 2. The molecule has 0 saturated heterocycles. The van der Waals surface area contributed by atoms with Crippen molar-refractivity contribution in [2.24, 2.45) is 0 Å². The number of thioether (sulfide) groups is 1. The SMILES string of the molecule is O=C(CSc1ccc(F)c(F)c1)N[C@H](CCO)C(=O)O. The number of nitrogens with one attached hydrogen (secondary N) is 1. The molecule has 5 nitrogen and oxygen atoms in total. The number of carbonyl (C=O) groups excluding carboxylic acids is 1. The van der Waals surface area contributed by atoms with Crippen LogP contribution in [-0.4, -0.2) is 40.5 Å². The van der Waals surface area contributed by atoms with Gasteiger partial charge >= 0.3 is 5.97 Å². The first-order valence-electron chi connectivity index (χ1n) is 5.65. The van der Waals surface area contributed by atoms with Crippen molar-refractivity contribution in [2.75, 3.05) is 12.4 Å². The molecule has 0 bridgehead atoms. The Balaban J connectivity index is 2.50. The van der Waals surface area contributed by atoms with Crippen LogP contribution in [0.2, 0.25) is 0 Å². The van der Waals surface area contributed by atoms with Crippen molar-refractivity contribution >= 4 is 23.6 Å². The molecule has 1 aromatic carbocycles. The molecule has 0 heterocycles. The fourth-order valence-electron chi connectivity index (χ4n) is 1.34. The Morgan fingerprint density at radius 2 is 2.00 bits per heavy atom. The maximum atomic E-state index is 12.9. The van der Waals surface area contributed by atoms with Crippen LogP contribution in [0.25, 0.3) is 0 Å². The maximum Gasteiger partial charge on any atom is 0.326 e. The highest BCUT2D eigenvalue weighted by atomic mass is 32.2. The first-order chi connectivity index (χ1) is 9.43. The number of aliphatic hydroxyl groups is 1. The summed E-state index contributed by atoms with van der Waals surface area (Å²) >= 11 is 0.949. The summed E-state index contributed by atoms with van der Waals surface area (Å²) in [5, 5.41) is 19.7. The minimum atomic E-state index is -1.25. The zero-order valence-corrected chi connectivity index (χ0v) is 11.1. The van der Waals surface area contributed by atoms with Gasteiger partial charge in [-0.25, -0.2) is 13.6 Å². The average Bonchev–Trinajstić information content (AvgIpc) is 2.39. The molecule has 0 aromatic heterocycles. The topological polar surface area (TPSA) is 86.6 Å². The monoisotopic (exact) mass is 305 g/mol. The van der Waals surface area contributed by atoms with Crippen LogP contribution in [0.15, 0.2) is 23.1 Å². The molecule has 0 unspecified atom stereocenters. The second-order valence-electron chi connectivity index (χ2n) is 3.84. The van der Waals surface area contributed by atoms with Crippen LogP contribution in [0.1, 0.15) is 6.42 Å². The van der Waals surface area contributed by atoms with E-state index >= 15 is 0 Å². The fourth-order valence-corrected chi connectivity index (χ4v) is 2.07. The molecule has 1 aromatic rings. The molecule has 3 N–H and O–H groups in total. The van der Waals surface area contributed by atoms with E-state index in [1.165, 1.54) is 6.07 Å². The van der Waals surface area contributed by atoms with E-state index in [1.54, 1.807) is 0 Å². The van der Waals surface area contributed by atoms with E-state index in [0.29, 0.717) is 4.90 Å². The van der Waals surface area contributed by atoms with Crippen molar-refractivity contribution in [3.05, 3.63) is 29.8 Å². The third kappa shape index (κ3) is 5.14. The van der Waals surface area contributed by atoms with E-state index in [0.717, 1.165) is 23.9 Å². The standard InChI is InChI=1S/C12H13F2NO4S/c13-8-2-1-7(5-9(8)14)20-6-11(17)15-10(3-4-16)12(18)19/h1-2,5,10,16H,3-4,6H2,(H,15,17)(H,18,19)/t10-/m1/s1. The van der Waals surface area contributed by atoms with Crippen LogP contribution in [0.4, 0.5) is 8.78 Å². The van der Waals surface area contributed by atoms with Crippen LogP contribution < -0.4 is 5.32 Å². The summed E-state index contributed by atoms with van der Waals surface area (Å²) in [6, 6.07) is 2.05. The normalized spacial score (nSPS) is 11.9. The van der Waals surface area contributed by atoms with Gasteiger partial charge in [0.25, 0.3) is 0 Å². The first-order valence-corrected chi connectivity index (χ1v) is 6.63. The number of aliphatic hydroxyl groups excluding tert-OH is 1. The Bertz CT molecular complexity index is 498. The number of halogens is 2. The van der Waals surface area contributed by atoms with Crippen molar-refractivity contribution < 1.29 is 28.6 Å². The molecule has 1 rings (SSSR count). The molecule has 0 saturated carbocycles. The summed E-state index contributed by atoms with van der Waals surface area (Å²) in [5.74, 6) is -3.95. The number of hydrogen-bond donors (Lipinski definition) is 3. The summed E-state index contributed by atoms with van der Waals surface area (Å²) in [4.78, 5) is 22.6. The number of hydrogen-bond acceptors (Lipinski definition) is 4. The lowest BCUT2D eigenvalue weighted by Gasteiger charge is -2.12. The van der Waals surface area contributed by atoms with Crippen molar-refractivity contribution in [2.45, 2.75) is 17.4 Å². The fraction of sp³-hybridized carbons (Fsp3) is 0.333. The summed E-state index contributed by atoms with van der Waals surface area (Å²) in [7, 11) is 0. The van der Waals surface area contributed by atoms with E-state index in [-0.39, 0.29) is 18.8 Å². The van der Waals surface area contributed by atoms with Gasteiger partial charge in [0.1, 0.15) is 6.04 Å². The molecular weight excluding hydrogens is 292 g/mol. The molecule has 8 heteroatoms. The Morgan fingerprint density at radius 1 is 1.30 bits per heavy atom. The molecule has 1 amide bonds. The number of carboxylic acid groups (broad SMARTS) is 1. The summed E-state index contributed by atoms with van der Waals surface area (Å²) in [6.45, 7) is -0.367. The van der Waals surface area contributed by atoms with E-state index < -0.39 is 29.6 Å². The quantitative estimate of drug-likeness (QED) is 0.655. The molecule has 0 spiro atoms. The third-order valence-electron chi connectivity index (χ3n) is 2.31. The number of aliphatic carboxylic acids is 1. The predicted octanol–water partition coefficient (Wildman–Crippen LogP) is 1.01. The highest BCUT2D eigenvalue weighted by molar-refractivity contribution is 8.00. The summed E-state index contributed by atoms with van der Waals surface area (Å²) < 4.78 is 25.6. The highest BCUT2D eigenvalue weighted by Gasteiger charge is 2.19. The van der Waals surface area contributed by atoms with Crippen LogP contribution in [-0.2, 0) is 9.59 Å². The maximum absolute atomic E-state index is 12.9. The molecule has 0 radical (unpaired) electrons. The second kappa shape index (κ2) is 7.81. The minimum absolute atomic E-state index is 0.100. The number of amides is 1. The van der Waals surface area contributed by atoms with Crippen molar-refractivity contribution in [1.29, 1.82) is 0 Å². The van der Waals surface area contributed by atoms with Crippen molar-refractivity contribution in [3.8, 4) is 0 Å². The van der Waals surface area contributed by atoms with E-state index in [2.05, 4.69) is 5.32 Å². The van der Waals surface area contributed by atoms with Crippen LogP contribution in [0.3, 0.4) is 0 Å². The molecule has 1 atom stereocenters. The van der Waals surface area contributed by atoms with E-state index in [1.807, 2.05) is 0 Å². The molecular formula is C12H13F2NO4S. The highest BCUT2D eigenvalue weighted by Crippen LogP contribution is 2.20. The lowest BCUT2D eigenvalue weighted by atomic mass is 10.2. The zero-order valence-electron chi connectivity index (χ0n) is 10.3. The van der Waals surface area contributed by atoms with Gasteiger partial charge in [0, 0.05) is 17.9 Å². The van der Waals surface area contributed by atoms with Gasteiger partial charge in [-0.05, 0) is 18.2 Å². The van der Waals surface area contributed by atoms with Gasteiger partial charge in [0.05, 0.1) is 5.75 Å². The molecule has 0 fully saturated rings. The van der Waals surface area contributed by atoms with Crippen molar-refractivity contribution in [3.63, 3.8) is 0 Å². The number of rotatable bonds is 7. The van der Waals surface area contributed by atoms with Gasteiger partial charge in [-0.2, -0.15) is 0 Å². The minimum Gasteiger partial charge on any atom is -0.480 e. The third-order valence-corrected chi connectivity index (χ3v) is 3.31. The van der Waals surface area contributed by atoms with Gasteiger partial charge in [-0.1, -0.05) is 0 Å². The molecule has 0 aliphatic carbocycles. The molecule has 0 aliphatic heterocycles. The van der Waals surface area contributed by atoms with Crippen LogP contribution in [0.5, 0.6) is 0 Å². The smallest absolute Gasteiger partial charge is 0.326 e. The number of benzene rings is 1. The Hall–Kier alpha value is -1.67. The zero-order chi connectivity index (χ0) is 15.1. The molecule has 20 heavy (non-hydrogen) atoms. The Morgan fingerprint density at radius 3 is 2.55 bits per heavy atom. The Kier molecular flexibility index (Phi) is 6.40. The van der Waals surface area contributed by atoms with Gasteiger partial charge in [0.2, 0.25) is 5.91 Å². The largest absolute Gasteiger partial charge is 0.480 e. The van der Waals surface area contributed by atoms with Gasteiger partial charge in [0.15, 0.2) is 11.6 Å². The average molecular weight is 305 g/mol. The number of carboxylic acids is 1. The van der Waals surface area contributed by atoms with E-state index in [9.17, 15) is 18.4 Å². The van der Waals surface area contributed by atoms with Gasteiger partial charge in [-0.3, -0.25) is 4.79 Å². The lowest BCUT2D eigenvalue weighted by Crippen LogP contribution is -2.42. The van der Waals surface area contributed by atoms with Gasteiger partial charge in [-0.15, -0.1) is 11.8 Å². The second-order valence-corrected chi connectivity index (χ2v) is 4.88. The Labute approximate surface area is 118 Å². The summed E-state index contributed by atoms with van der Waals surface area (Å²) in [5.41, 5.74) is 0. The molecule has 0 aliphatic rings. The summed E-state index contributed by atoms with van der Waals surface area (Å²) in [6.07, 6.45) is -0.100. The van der Waals surface area contributed by atoms with Crippen molar-refractivity contribution in [1.82, 2.24) is 5.32 Å².